The fourth-order valence-electron chi connectivity index (χ4n) is 1.75. The van der Waals surface area contributed by atoms with E-state index in [1.807, 2.05) is 6.92 Å². The van der Waals surface area contributed by atoms with Gasteiger partial charge in [0.15, 0.2) is 0 Å². The van der Waals surface area contributed by atoms with Gasteiger partial charge in [-0.05, 0) is 48.9 Å². The molecule has 116 valence electrons. The third-order valence-corrected chi connectivity index (χ3v) is 3.16. The molecule has 2 N–H and O–H groups in total. The Bertz CT molecular complexity index is 684. The molecule has 0 fully saturated rings. The second-order valence-corrected chi connectivity index (χ2v) is 5.04. The van der Waals surface area contributed by atoms with Crippen LogP contribution in [-0.2, 0) is 6.18 Å². The van der Waals surface area contributed by atoms with Gasteiger partial charge < -0.3 is 10.6 Å². The predicted molar refractivity (Wildman–Crippen MR) is 80.3 cm³/mol. The number of carbonyl (C=O) groups excluding carboxylic acids is 1. The van der Waals surface area contributed by atoms with Crippen LogP contribution in [0.5, 0.6) is 0 Å². The predicted octanol–water partition coefficient (Wildman–Crippen LogP) is 5.31. The molecule has 0 saturated heterocycles. The Labute approximate surface area is 130 Å². The third kappa shape index (κ3) is 4.14. The number of halogens is 4. The number of nitrogens with one attached hydrogen (secondary N) is 2. The summed E-state index contributed by atoms with van der Waals surface area (Å²) in [6.07, 6.45) is -4.41. The van der Waals surface area contributed by atoms with E-state index in [1.54, 1.807) is 18.2 Å². The van der Waals surface area contributed by atoms with E-state index in [0.29, 0.717) is 10.7 Å². The smallest absolute Gasteiger partial charge is 0.308 e. The van der Waals surface area contributed by atoms with Gasteiger partial charge in [0.2, 0.25) is 0 Å². The molecule has 0 aromatic heterocycles. The highest BCUT2D eigenvalue weighted by Gasteiger charge is 2.29. The first kappa shape index (κ1) is 16.2. The summed E-state index contributed by atoms with van der Waals surface area (Å²) in [5.74, 6) is 0. The van der Waals surface area contributed by atoms with E-state index in [-0.39, 0.29) is 5.69 Å². The zero-order chi connectivity index (χ0) is 16.3. The van der Waals surface area contributed by atoms with Crippen molar-refractivity contribution in [1.29, 1.82) is 0 Å². The number of carbonyl (C=O) groups is 1. The van der Waals surface area contributed by atoms with Crippen molar-refractivity contribution < 1.29 is 18.0 Å². The number of anilines is 2. The Morgan fingerprint density at radius 2 is 1.68 bits per heavy atom. The van der Waals surface area contributed by atoms with Gasteiger partial charge in [-0.1, -0.05) is 17.7 Å². The van der Waals surface area contributed by atoms with E-state index in [2.05, 4.69) is 10.6 Å². The Morgan fingerprint density at radius 3 is 2.23 bits per heavy atom. The van der Waals surface area contributed by atoms with E-state index in [0.717, 1.165) is 17.7 Å². The van der Waals surface area contributed by atoms with Crippen LogP contribution in [0.4, 0.5) is 29.3 Å². The van der Waals surface area contributed by atoms with E-state index < -0.39 is 17.8 Å². The van der Waals surface area contributed by atoms with E-state index in [1.165, 1.54) is 12.1 Å². The highest BCUT2D eigenvalue weighted by Crippen LogP contribution is 2.30. The van der Waals surface area contributed by atoms with Crippen LogP contribution < -0.4 is 10.6 Å². The summed E-state index contributed by atoms with van der Waals surface area (Å²) >= 11 is 5.98. The summed E-state index contributed by atoms with van der Waals surface area (Å²) in [6.45, 7) is 1.86. The molecule has 0 radical (unpaired) electrons. The lowest BCUT2D eigenvalue weighted by molar-refractivity contribution is -0.137. The minimum Gasteiger partial charge on any atom is -0.308 e. The number of rotatable bonds is 2. The van der Waals surface area contributed by atoms with Crippen LogP contribution in [0.1, 0.15) is 11.1 Å². The Morgan fingerprint density at radius 1 is 1.05 bits per heavy atom. The zero-order valence-electron chi connectivity index (χ0n) is 11.5. The van der Waals surface area contributed by atoms with Crippen LogP contribution in [0.3, 0.4) is 0 Å². The average Bonchev–Trinajstić information content (AvgIpc) is 2.41. The van der Waals surface area contributed by atoms with Gasteiger partial charge in [-0.3, -0.25) is 0 Å². The zero-order valence-corrected chi connectivity index (χ0v) is 12.2. The van der Waals surface area contributed by atoms with Crippen molar-refractivity contribution in [2.24, 2.45) is 0 Å². The van der Waals surface area contributed by atoms with Gasteiger partial charge in [-0.2, -0.15) is 13.2 Å². The molecule has 7 heteroatoms. The molecule has 0 heterocycles. The monoisotopic (exact) mass is 328 g/mol. The maximum Gasteiger partial charge on any atom is 0.416 e. The van der Waals surface area contributed by atoms with Crippen LogP contribution >= 0.6 is 11.6 Å². The molecule has 0 aliphatic heterocycles. The van der Waals surface area contributed by atoms with Gasteiger partial charge in [0.25, 0.3) is 0 Å². The standard InChI is InChI=1S/C15H12ClF3N2O/c1-9-2-7-13(12(16)8-9)21-14(22)20-11-5-3-10(4-6-11)15(17,18)19/h2-8H,1H3,(H2,20,21,22). The van der Waals surface area contributed by atoms with Crippen molar-refractivity contribution in [1.82, 2.24) is 0 Å². The van der Waals surface area contributed by atoms with Gasteiger partial charge in [0.1, 0.15) is 0 Å². The van der Waals surface area contributed by atoms with Crippen molar-refractivity contribution in [3.8, 4) is 0 Å². The van der Waals surface area contributed by atoms with Crippen LogP contribution in [0.15, 0.2) is 42.5 Å². The second-order valence-electron chi connectivity index (χ2n) is 4.64. The van der Waals surface area contributed by atoms with Crippen molar-refractivity contribution in [3.05, 3.63) is 58.6 Å². The topological polar surface area (TPSA) is 41.1 Å². The average molecular weight is 329 g/mol. The maximum atomic E-state index is 12.4. The molecule has 0 aliphatic carbocycles. The molecule has 22 heavy (non-hydrogen) atoms. The maximum absolute atomic E-state index is 12.4. The molecule has 0 bridgehead atoms. The molecule has 0 spiro atoms. The van der Waals surface area contributed by atoms with Gasteiger partial charge in [0, 0.05) is 5.69 Å². The molecule has 2 rings (SSSR count). The lowest BCUT2D eigenvalue weighted by Gasteiger charge is -2.11. The van der Waals surface area contributed by atoms with Gasteiger partial charge in [-0.15, -0.1) is 0 Å². The first-order chi connectivity index (χ1) is 10.3. The lowest BCUT2D eigenvalue weighted by Crippen LogP contribution is -2.19. The van der Waals surface area contributed by atoms with Crippen LogP contribution in [0.25, 0.3) is 0 Å². The van der Waals surface area contributed by atoms with Crippen molar-refractivity contribution >= 4 is 29.0 Å². The molecule has 0 saturated carbocycles. The number of benzene rings is 2. The number of hydrogen-bond donors (Lipinski definition) is 2. The minimum absolute atomic E-state index is 0.244. The summed E-state index contributed by atoms with van der Waals surface area (Å²) in [5, 5.41) is 5.34. The van der Waals surface area contributed by atoms with E-state index >= 15 is 0 Å². The van der Waals surface area contributed by atoms with Crippen molar-refractivity contribution in [2.45, 2.75) is 13.1 Å². The largest absolute Gasteiger partial charge is 0.416 e. The molecule has 0 aliphatic rings. The van der Waals surface area contributed by atoms with Gasteiger partial charge in [-0.25, -0.2) is 4.79 Å². The molecule has 2 aromatic carbocycles. The van der Waals surface area contributed by atoms with Gasteiger partial charge >= 0.3 is 12.2 Å². The minimum atomic E-state index is -4.41. The highest BCUT2D eigenvalue weighted by atomic mass is 35.5. The summed E-state index contributed by atoms with van der Waals surface area (Å²) in [7, 11) is 0. The summed E-state index contributed by atoms with van der Waals surface area (Å²) in [4.78, 5) is 11.8. The summed E-state index contributed by atoms with van der Waals surface area (Å²) in [6, 6.07) is 8.67. The fourth-order valence-corrected chi connectivity index (χ4v) is 2.03. The molecule has 2 amide bonds. The Balaban J connectivity index is 2.03. The molecule has 3 nitrogen and oxygen atoms in total. The fraction of sp³-hybridized carbons (Fsp3) is 0.133. The highest BCUT2D eigenvalue weighted by molar-refractivity contribution is 6.33. The summed E-state index contributed by atoms with van der Waals surface area (Å²) < 4.78 is 37.3. The quantitative estimate of drug-likeness (QED) is 0.770. The molecular weight excluding hydrogens is 317 g/mol. The number of urea groups is 1. The Hall–Kier alpha value is -2.21. The van der Waals surface area contributed by atoms with Crippen LogP contribution in [0.2, 0.25) is 5.02 Å². The number of aryl methyl sites for hydroxylation is 1. The van der Waals surface area contributed by atoms with E-state index in [4.69, 9.17) is 11.6 Å². The Kier molecular flexibility index (Phi) is 4.61. The first-order valence-electron chi connectivity index (χ1n) is 6.27. The number of amides is 2. The number of hydrogen-bond acceptors (Lipinski definition) is 1. The van der Waals surface area contributed by atoms with E-state index in [9.17, 15) is 18.0 Å². The lowest BCUT2D eigenvalue weighted by atomic mass is 10.2. The first-order valence-corrected chi connectivity index (χ1v) is 6.65. The number of alkyl halides is 3. The van der Waals surface area contributed by atoms with Gasteiger partial charge in [0.05, 0.1) is 16.3 Å². The second kappa shape index (κ2) is 6.27. The van der Waals surface area contributed by atoms with Crippen LogP contribution in [-0.4, -0.2) is 6.03 Å². The molecule has 0 unspecified atom stereocenters. The third-order valence-electron chi connectivity index (χ3n) is 2.84. The molecule has 2 aromatic rings. The SMILES string of the molecule is Cc1ccc(NC(=O)Nc2ccc(C(F)(F)F)cc2)c(Cl)c1. The van der Waals surface area contributed by atoms with Crippen LogP contribution in [0, 0.1) is 6.92 Å². The molecule has 0 atom stereocenters. The van der Waals surface area contributed by atoms with Crippen molar-refractivity contribution in [3.63, 3.8) is 0 Å². The summed E-state index contributed by atoms with van der Waals surface area (Å²) in [5.41, 5.74) is 0.823. The molecular formula is C15H12ClF3N2O. The normalized spacial score (nSPS) is 11.1. The van der Waals surface area contributed by atoms with Crippen molar-refractivity contribution in [2.75, 3.05) is 10.6 Å².